The summed E-state index contributed by atoms with van der Waals surface area (Å²) in [5.41, 5.74) is 1.32. The van der Waals surface area contributed by atoms with Crippen molar-refractivity contribution in [3.05, 3.63) is 47.8 Å². The molecule has 0 saturated carbocycles. The molecule has 0 atom stereocenters. The van der Waals surface area contributed by atoms with Gasteiger partial charge in [0.2, 0.25) is 0 Å². The quantitative estimate of drug-likeness (QED) is 0.784. The van der Waals surface area contributed by atoms with E-state index in [1.165, 1.54) is 5.56 Å². The van der Waals surface area contributed by atoms with E-state index in [4.69, 9.17) is 0 Å². The molecular formula is C17H25N5. The fraction of sp³-hybridized carbons (Fsp3) is 0.412. The third-order valence-electron chi connectivity index (χ3n) is 3.27. The number of nitrogens with zero attached hydrogens (tertiary/aromatic N) is 3. The van der Waals surface area contributed by atoms with Gasteiger partial charge in [-0.3, -0.25) is 0 Å². The number of aromatic nitrogens is 2. The highest BCUT2D eigenvalue weighted by atomic mass is 15.1. The van der Waals surface area contributed by atoms with Gasteiger partial charge in [0, 0.05) is 25.7 Å². The zero-order chi connectivity index (χ0) is 15.8. The number of nitrogens with one attached hydrogen (secondary N) is 2. The highest BCUT2D eigenvalue weighted by molar-refractivity contribution is 5.47. The van der Waals surface area contributed by atoms with Crippen LogP contribution in [0.15, 0.2) is 36.4 Å². The van der Waals surface area contributed by atoms with Crippen molar-refractivity contribution in [3.8, 4) is 0 Å². The summed E-state index contributed by atoms with van der Waals surface area (Å²) in [6.07, 6.45) is 0.979. The first kappa shape index (κ1) is 16.2. The first-order chi connectivity index (χ1) is 10.6. The predicted molar refractivity (Wildman–Crippen MR) is 92.4 cm³/mol. The summed E-state index contributed by atoms with van der Waals surface area (Å²) in [5.74, 6) is 2.52. The molecule has 118 valence electrons. The minimum absolute atomic E-state index is 0.775. The van der Waals surface area contributed by atoms with Crippen molar-refractivity contribution < 1.29 is 0 Å². The molecule has 1 heterocycles. The van der Waals surface area contributed by atoms with Crippen molar-refractivity contribution in [2.75, 3.05) is 44.4 Å². The molecule has 2 N–H and O–H groups in total. The molecule has 0 radical (unpaired) electrons. The van der Waals surface area contributed by atoms with Gasteiger partial charge in [0.1, 0.15) is 17.5 Å². The first-order valence-electron chi connectivity index (χ1n) is 7.65. The van der Waals surface area contributed by atoms with Crippen LogP contribution in [0.5, 0.6) is 0 Å². The van der Waals surface area contributed by atoms with Gasteiger partial charge in [-0.05, 0) is 33.0 Å². The van der Waals surface area contributed by atoms with E-state index < -0.39 is 0 Å². The lowest BCUT2D eigenvalue weighted by molar-refractivity contribution is 0.425. The van der Waals surface area contributed by atoms with E-state index in [1.807, 2.05) is 19.1 Å². The zero-order valence-corrected chi connectivity index (χ0v) is 13.6. The molecule has 0 bridgehead atoms. The van der Waals surface area contributed by atoms with Crippen LogP contribution in [0.4, 0.5) is 11.6 Å². The molecule has 0 aliphatic rings. The van der Waals surface area contributed by atoms with Crippen LogP contribution in [-0.4, -0.2) is 48.6 Å². The number of benzene rings is 1. The van der Waals surface area contributed by atoms with Gasteiger partial charge < -0.3 is 15.5 Å². The van der Waals surface area contributed by atoms with Gasteiger partial charge in [0.05, 0.1) is 0 Å². The maximum absolute atomic E-state index is 4.44. The summed E-state index contributed by atoms with van der Waals surface area (Å²) >= 11 is 0. The third-order valence-corrected chi connectivity index (χ3v) is 3.27. The Morgan fingerprint density at radius 2 is 1.59 bits per heavy atom. The lowest BCUT2D eigenvalue weighted by Crippen LogP contribution is -2.21. The van der Waals surface area contributed by atoms with E-state index >= 15 is 0 Å². The molecule has 0 aliphatic carbocycles. The second kappa shape index (κ2) is 8.34. The maximum atomic E-state index is 4.44. The van der Waals surface area contributed by atoms with Crippen molar-refractivity contribution in [3.63, 3.8) is 0 Å². The Morgan fingerprint density at radius 3 is 2.23 bits per heavy atom. The Bertz CT molecular complexity index is 569. The first-order valence-corrected chi connectivity index (χ1v) is 7.65. The fourth-order valence-corrected chi connectivity index (χ4v) is 2.14. The minimum atomic E-state index is 0.775. The van der Waals surface area contributed by atoms with Crippen LogP contribution in [0, 0.1) is 6.92 Å². The van der Waals surface area contributed by atoms with Gasteiger partial charge in [-0.15, -0.1) is 0 Å². The molecule has 1 aromatic heterocycles. The molecular weight excluding hydrogens is 274 g/mol. The molecule has 22 heavy (non-hydrogen) atoms. The van der Waals surface area contributed by atoms with E-state index in [-0.39, 0.29) is 0 Å². The summed E-state index contributed by atoms with van der Waals surface area (Å²) < 4.78 is 0. The van der Waals surface area contributed by atoms with Gasteiger partial charge in [-0.2, -0.15) is 0 Å². The summed E-state index contributed by atoms with van der Waals surface area (Å²) in [6, 6.07) is 12.4. The molecule has 1 aromatic carbocycles. The number of anilines is 2. The van der Waals surface area contributed by atoms with Crippen LogP contribution in [0.2, 0.25) is 0 Å². The van der Waals surface area contributed by atoms with E-state index in [1.54, 1.807) is 0 Å². The van der Waals surface area contributed by atoms with Crippen LogP contribution >= 0.6 is 0 Å². The van der Waals surface area contributed by atoms with Gasteiger partial charge in [-0.1, -0.05) is 30.3 Å². The van der Waals surface area contributed by atoms with Crippen molar-refractivity contribution in [2.45, 2.75) is 13.3 Å². The maximum Gasteiger partial charge on any atom is 0.131 e. The molecule has 5 heteroatoms. The summed E-state index contributed by atoms with van der Waals surface area (Å²) in [7, 11) is 4.12. The lowest BCUT2D eigenvalue weighted by atomic mass is 10.1. The van der Waals surface area contributed by atoms with Gasteiger partial charge >= 0.3 is 0 Å². The Hall–Kier alpha value is -2.14. The van der Waals surface area contributed by atoms with Crippen molar-refractivity contribution in [2.24, 2.45) is 0 Å². The van der Waals surface area contributed by atoms with Crippen molar-refractivity contribution in [1.29, 1.82) is 0 Å². The molecule has 0 spiro atoms. The Kier molecular flexibility index (Phi) is 6.15. The van der Waals surface area contributed by atoms with Crippen LogP contribution in [-0.2, 0) is 6.42 Å². The second-order valence-electron chi connectivity index (χ2n) is 5.58. The molecule has 2 aromatic rings. The minimum Gasteiger partial charge on any atom is -0.370 e. The number of aryl methyl sites for hydroxylation is 1. The topological polar surface area (TPSA) is 53.1 Å². The Labute approximate surface area is 132 Å². The largest absolute Gasteiger partial charge is 0.370 e. The molecule has 0 saturated heterocycles. The Morgan fingerprint density at radius 1 is 0.955 bits per heavy atom. The highest BCUT2D eigenvalue weighted by Crippen LogP contribution is 2.11. The number of hydrogen-bond acceptors (Lipinski definition) is 5. The van der Waals surface area contributed by atoms with Gasteiger partial charge in [-0.25, -0.2) is 9.97 Å². The zero-order valence-electron chi connectivity index (χ0n) is 13.6. The van der Waals surface area contributed by atoms with Crippen LogP contribution in [0.25, 0.3) is 0 Å². The van der Waals surface area contributed by atoms with Gasteiger partial charge in [0.15, 0.2) is 0 Å². The SMILES string of the molecule is Cc1nc(NCCc2ccccc2)cc(NCCN(C)C)n1. The molecule has 0 unspecified atom stereocenters. The fourth-order valence-electron chi connectivity index (χ4n) is 2.14. The lowest BCUT2D eigenvalue weighted by Gasteiger charge is -2.12. The average molecular weight is 299 g/mol. The van der Waals surface area contributed by atoms with Crippen LogP contribution in [0.1, 0.15) is 11.4 Å². The van der Waals surface area contributed by atoms with Crippen LogP contribution in [0.3, 0.4) is 0 Å². The third kappa shape index (κ3) is 5.69. The van der Waals surface area contributed by atoms with Crippen LogP contribution < -0.4 is 10.6 Å². The number of hydrogen-bond donors (Lipinski definition) is 2. The van der Waals surface area contributed by atoms with Gasteiger partial charge in [0.25, 0.3) is 0 Å². The average Bonchev–Trinajstić information content (AvgIpc) is 2.47. The standard InChI is InChI=1S/C17H25N5/c1-14-20-16(13-17(21-14)19-11-12-22(2)3)18-10-9-15-7-5-4-6-8-15/h4-8,13H,9-12H2,1-3H3,(H2,18,19,20,21). The molecule has 2 rings (SSSR count). The predicted octanol–water partition coefficient (Wildman–Crippen LogP) is 2.41. The summed E-state index contributed by atoms with van der Waals surface area (Å²) in [5, 5.41) is 6.70. The van der Waals surface area contributed by atoms with E-state index in [2.05, 4.69) is 63.9 Å². The second-order valence-corrected chi connectivity index (χ2v) is 5.58. The normalized spacial score (nSPS) is 10.7. The molecule has 0 fully saturated rings. The smallest absolute Gasteiger partial charge is 0.131 e. The number of likely N-dealkylation sites (N-methyl/N-ethyl adjacent to an activating group) is 1. The molecule has 0 aliphatic heterocycles. The monoisotopic (exact) mass is 299 g/mol. The van der Waals surface area contributed by atoms with E-state index in [0.717, 1.165) is 43.5 Å². The Balaban J connectivity index is 1.86. The highest BCUT2D eigenvalue weighted by Gasteiger charge is 2.02. The number of rotatable bonds is 8. The van der Waals surface area contributed by atoms with Crippen molar-refractivity contribution >= 4 is 11.6 Å². The van der Waals surface area contributed by atoms with E-state index in [0.29, 0.717) is 0 Å². The summed E-state index contributed by atoms with van der Waals surface area (Å²) in [6.45, 7) is 4.61. The molecule has 5 nitrogen and oxygen atoms in total. The van der Waals surface area contributed by atoms with Crippen molar-refractivity contribution in [1.82, 2.24) is 14.9 Å². The molecule has 0 amide bonds. The summed E-state index contributed by atoms with van der Waals surface area (Å²) in [4.78, 5) is 11.0. The van der Waals surface area contributed by atoms with E-state index in [9.17, 15) is 0 Å².